The normalized spacial score (nSPS) is 20.4. The first-order valence-corrected chi connectivity index (χ1v) is 7.96. The molecule has 114 valence electrons. The van der Waals surface area contributed by atoms with E-state index < -0.39 is 0 Å². The zero-order valence-electron chi connectivity index (χ0n) is 13.0. The Bertz CT molecular complexity index is 202. The Morgan fingerprint density at radius 1 is 1.21 bits per heavy atom. The van der Waals surface area contributed by atoms with Crippen LogP contribution in [0.4, 0.5) is 0 Å². The van der Waals surface area contributed by atoms with Crippen molar-refractivity contribution in [2.75, 3.05) is 45.9 Å². The molecule has 0 radical (unpaired) electrons. The fourth-order valence-electron chi connectivity index (χ4n) is 2.75. The van der Waals surface area contributed by atoms with Gasteiger partial charge >= 0.3 is 0 Å². The first kappa shape index (κ1) is 16.9. The van der Waals surface area contributed by atoms with E-state index in [2.05, 4.69) is 17.1 Å². The van der Waals surface area contributed by atoms with Gasteiger partial charge in [-0.25, -0.2) is 0 Å². The van der Waals surface area contributed by atoms with Crippen molar-refractivity contribution >= 4 is 0 Å². The molecule has 0 aliphatic carbocycles. The minimum Gasteiger partial charge on any atom is -0.352 e. The molecule has 4 heteroatoms. The molecule has 4 nitrogen and oxygen atoms in total. The molecule has 0 bridgehead atoms. The van der Waals surface area contributed by atoms with Crippen LogP contribution in [0.5, 0.6) is 0 Å². The van der Waals surface area contributed by atoms with Crippen molar-refractivity contribution in [3.63, 3.8) is 0 Å². The Balaban J connectivity index is 2.39. The van der Waals surface area contributed by atoms with Crippen molar-refractivity contribution in [3.05, 3.63) is 0 Å². The van der Waals surface area contributed by atoms with E-state index in [0.717, 1.165) is 45.3 Å². The zero-order chi connectivity index (χ0) is 13.9. The van der Waals surface area contributed by atoms with E-state index in [-0.39, 0.29) is 6.29 Å². The maximum atomic E-state index is 5.67. The second-order valence-corrected chi connectivity index (χ2v) is 5.31. The third-order valence-corrected chi connectivity index (χ3v) is 3.57. The van der Waals surface area contributed by atoms with Crippen molar-refractivity contribution in [1.82, 2.24) is 10.2 Å². The first-order chi connectivity index (χ1) is 9.30. The highest BCUT2D eigenvalue weighted by atomic mass is 16.7. The highest BCUT2D eigenvalue weighted by Gasteiger charge is 2.19. The fraction of sp³-hybridized carbons (Fsp3) is 1.00. The maximum absolute atomic E-state index is 5.67. The third-order valence-electron chi connectivity index (χ3n) is 3.57. The maximum Gasteiger partial charge on any atom is 0.170 e. The molecule has 1 unspecified atom stereocenters. The van der Waals surface area contributed by atoms with E-state index in [4.69, 9.17) is 9.47 Å². The molecule has 1 N–H and O–H groups in total. The highest BCUT2D eigenvalue weighted by Crippen LogP contribution is 2.13. The van der Waals surface area contributed by atoms with Crippen molar-refractivity contribution in [1.29, 1.82) is 0 Å². The standard InChI is InChI=1S/C15H32N2O2/c1-4-10-17(12-14-8-7-9-16-11-14)13-15(18-5-2)19-6-3/h14-16H,4-13H2,1-3H3. The van der Waals surface area contributed by atoms with Crippen LogP contribution < -0.4 is 5.32 Å². The van der Waals surface area contributed by atoms with Crippen molar-refractivity contribution in [2.24, 2.45) is 5.92 Å². The summed E-state index contributed by atoms with van der Waals surface area (Å²) in [6.07, 6.45) is 3.77. The Kier molecular flexibility index (Phi) is 9.43. The molecule has 0 spiro atoms. The topological polar surface area (TPSA) is 33.7 Å². The molecule has 1 heterocycles. The number of ether oxygens (including phenoxy) is 2. The lowest BCUT2D eigenvalue weighted by Crippen LogP contribution is -2.42. The smallest absolute Gasteiger partial charge is 0.170 e. The number of hydrogen-bond donors (Lipinski definition) is 1. The second kappa shape index (κ2) is 10.6. The van der Waals surface area contributed by atoms with E-state index in [1.807, 2.05) is 13.8 Å². The summed E-state index contributed by atoms with van der Waals surface area (Å²) in [7, 11) is 0. The van der Waals surface area contributed by atoms with E-state index >= 15 is 0 Å². The minimum absolute atomic E-state index is 0.0712. The summed E-state index contributed by atoms with van der Waals surface area (Å²) in [4.78, 5) is 2.51. The average molecular weight is 272 g/mol. The Morgan fingerprint density at radius 3 is 2.47 bits per heavy atom. The van der Waals surface area contributed by atoms with Crippen LogP contribution in [0.1, 0.15) is 40.0 Å². The molecule has 1 rings (SSSR count). The number of rotatable bonds is 10. The lowest BCUT2D eigenvalue weighted by atomic mass is 9.99. The molecule has 0 amide bonds. The number of nitrogens with one attached hydrogen (secondary N) is 1. The molecule has 1 atom stereocenters. The summed E-state index contributed by atoms with van der Waals surface area (Å²) in [5.74, 6) is 0.782. The second-order valence-electron chi connectivity index (χ2n) is 5.31. The van der Waals surface area contributed by atoms with Gasteiger partial charge in [-0.3, -0.25) is 4.90 Å². The van der Waals surface area contributed by atoms with Crippen LogP contribution in [-0.4, -0.2) is 57.1 Å². The van der Waals surface area contributed by atoms with Crippen molar-refractivity contribution in [2.45, 2.75) is 46.3 Å². The summed E-state index contributed by atoms with van der Waals surface area (Å²) in [6, 6.07) is 0. The molecule has 1 fully saturated rings. The van der Waals surface area contributed by atoms with Crippen LogP contribution in [-0.2, 0) is 9.47 Å². The predicted molar refractivity (Wildman–Crippen MR) is 79.4 cm³/mol. The summed E-state index contributed by atoms with van der Waals surface area (Å²) in [5.41, 5.74) is 0. The molecule has 19 heavy (non-hydrogen) atoms. The van der Waals surface area contributed by atoms with Gasteiger partial charge in [0.25, 0.3) is 0 Å². The first-order valence-electron chi connectivity index (χ1n) is 7.96. The molecule has 1 saturated heterocycles. The zero-order valence-corrected chi connectivity index (χ0v) is 13.0. The number of hydrogen-bond acceptors (Lipinski definition) is 4. The van der Waals surface area contributed by atoms with Gasteiger partial charge in [0.1, 0.15) is 0 Å². The third kappa shape index (κ3) is 7.25. The van der Waals surface area contributed by atoms with Crippen LogP contribution >= 0.6 is 0 Å². The lowest BCUT2D eigenvalue weighted by Gasteiger charge is -2.32. The highest BCUT2D eigenvalue weighted by molar-refractivity contribution is 4.73. The van der Waals surface area contributed by atoms with E-state index in [1.54, 1.807) is 0 Å². The van der Waals surface area contributed by atoms with E-state index in [9.17, 15) is 0 Å². The Hall–Kier alpha value is -0.160. The molecular weight excluding hydrogens is 240 g/mol. The van der Waals surface area contributed by atoms with Gasteiger partial charge in [-0.1, -0.05) is 6.92 Å². The van der Waals surface area contributed by atoms with Gasteiger partial charge < -0.3 is 14.8 Å². The van der Waals surface area contributed by atoms with Gasteiger partial charge in [-0.15, -0.1) is 0 Å². The van der Waals surface area contributed by atoms with E-state index in [0.29, 0.717) is 0 Å². The molecule has 0 aromatic heterocycles. The van der Waals surface area contributed by atoms with Crippen molar-refractivity contribution < 1.29 is 9.47 Å². The van der Waals surface area contributed by atoms with Crippen LogP contribution in [0.15, 0.2) is 0 Å². The van der Waals surface area contributed by atoms with E-state index in [1.165, 1.54) is 25.8 Å². The molecule has 1 aliphatic rings. The monoisotopic (exact) mass is 272 g/mol. The van der Waals surface area contributed by atoms with Crippen molar-refractivity contribution in [3.8, 4) is 0 Å². The predicted octanol–water partition coefficient (Wildman–Crippen LogP) is 2.10. The van der Waals surface area contributed by atoms with Gasteiger partial charge in [0.2, 0.25) is 0 Å². The molecule has 0 aromatic rings. The lowest BCUT2D eigenvalue weighted by molar-refractivity contribution is -0.148. The molecular formula is C15H32N2O2. The van der Waals surface area contributed by atoms with Gasteiger partial charge in [-0.2, -0.15) is 0 Å². The van der Waals surface area contributed by atoms with Gasteiger partial charge in [0, 0.05) is 26.3 Å². The quantitative estimate of drug-likeness (QED) is 0.618. The SMILES string of the molecule is CCCN(CC1CCCNC1)CC(OCC)OCC. The summed E-state index contributed by atoms with van der Waals surface area (Å²) in [5, 5.41) is 3.50. The van der Waals surface area contributed by atoms with Crippen LogP contribution in [0, 0.1) is 5.92 Å². The average Bonchev–Trinajstić information content (AvgIpc) is 2.41. The van der Waals surface area contributed by atoms with Crippen LogP contribution in [0.2, 0.25) is 0 Å². The minimum atomic E-state index is -0.0712. The summed E-state index contributed by atoms with van der Waals surface area (Å²) in [6.45, 7) is 13.3. The summed E-state index contributed by atoms with van der Waals surface area (Å²) >= 11 is 0. The number of piperidine rings is 1. The van der Waals surface area contributed by atoms with Gasteiger partial charge in [-0.05, 0) is 58.7 Å². The largest absolute Gasteiger partial charge is 0.352 e. The van der Waals surface area contributed by atoms with Gasteiger partial charge in [0.05, 0.1) is 0 Å². The van der Waals surface area contributed by atoms with Crippen LogP contribution in [0.25, 0.3) is 0 Å². The van der Waals surface area contributed by atoms with Crippen LogP contribution in [0.3, 0.4) is 0 Å². The molecule has 0 saturated carbocycles. The Morgan fingerprint density at radius 2 is 1.95 bits per heavy atom. The fourth-order valence-corrected chi connectivity index (χ4v) is 2.75. The molecule has 0 aromatic carbocycles. The Labute approximate surface area is 118 Å². The van der Waals surface area contributed by atoms with Gasteiger partial charge in [0.15, 0.2) is 6.29 Å². The molecule has 1 aliphatic heterocycles. The number of nitrogens with zero attached hydrogens (tertiary/aromatic N) is 1. The summed E-state index contributed by atoms with van der Waals surface area (Å²) < 4.78 is 11.3.